The van der Waals surface area contributed by atoms with Gasteiger partial charge in [0.25, 0.3) is 0 Å². The third kappa shape index (κ3) is 0.943. The molecule has 0 nitrogen and oxygen atoms in total. The van der Waals surface area contributed by atoms with E-state index < -0.39 is 12.0 Å². The maximum Gasteiger partial charge on any atom is 0.0629 e. The van der Waals surface area contributed by atoms with Crippen molar-refractivity contribution in [2.24, 2.45) is 0 Å². The van der Waals surface area contributed by atoms with Gasteiger partial charge >= 0.3 is 0 Å². The highest BCUT2D eigenvalue weighted by atomic mass is 14.2. The van der Waals surface area contributed by atoms with Gasteiger partial charge in [-0.3, -0.25) is 0 Å². The fourth-order valence-electron chi connectivity index (χ4n) is 2.24. The van der Waals surface area contributed by atoms with Crippen LogP contribution < -0.4 is 0 Å². The van der Waals surface area contributed by atoms with Gasteiger partial charge in [0.15, 0.2) is 0 Å². The lowest BCUT2D eigenvalue weighted by molar-refractivity contribution is 1.00. The van der Waals surface area contributed by atoms with E-state index in [1.807, 2.05) is 0 Å². The van der Waals surface area contributed by atoms with Crippen molar-refractivity contribution < 1.29 is 12.3 Å². The molecule has 0 heteroatoms. The lowest BCUT2D eigenvalue weighted by atomic mass is 9.79. The predicted molar refractivity (Wildman–Crippen MR) is 68.6 cm³/mol. The Labute approximate surface area is 108 Å². The van der Waals surface area contributed by atoms with E-state index in [2.05, 4.69) is 0 Å². The smallest absolute Gasteiger partial charge is 0.0629 e. The fraction of sp³-hybridized carbons (Fsp3) is 0.125. The summed E-state index contributed by atoms with van der Waals surface area (Å²) in [4.78, 5) is 0. The van der Waals surface area contributed by atoms with Gasteiger partial charge in [-0.25, -0.2) is 0 Å². The third-order valence-corrected chi connectivity index (χ3v) is 2.95. The van der Waals surface area contributed by atoms with Crippen molar-refractivity contribution in [1.82, 2.24) is 0 Å². The minimum absolute atomic E-state index is 0.0169. The molecule has 2 aromatic carbocycles. The van der Waals surface area contributed by atoms with Crippen LogP contribution in [0, 0.1) is 0 Å². The Hall–Kier alpha value is -1.82. The Morgan fingerprint density at radius 2 is 2.12 bits per heavy atom. The van der Waals surface area contributed by atoms with Crippen LogP contribution in [0.15, 0.2) is 48.4 Å². The van der Waals surface area contributed by atoms with Crippen molar-refractivity contribution in [3.05, 3.63) is 65.1 Å². The van der Waals surface area contributed by atoms with Gasteiger partial charge in [-0.15, -0.1) is 0 Å². The van der Waals surface area contributed by atoms with Crippen LogP contribution in [0.1, 0.15) is 34.9 Å². The second kappa shape index (κ2) is 2.85. The number of hydrogen-bond acceptors (Lipinski definition) is 0. The molecule has 0 bridgehead atoms. The zero-order chi connectivity index (χ0) is 18.4. The van der Waals surface area contributed by atoms with Gasteiger partial charge in [-0.2, -0.15) is 0 Å². The molecule has 2 aliphatic carbocycles. The zero-order valence-electron chi connectivity index (χ0n) is 17.3. The molecule has 0 saturated carbocycles. The van der Waals surface area contributed by atoms with Crippen LogP contribution in [0.3, 0.4) is 0 Å². The van der Waals surface area contributed by atoms with E-state index in [1.165, 1.54) is 0 Å². The normalized spacial score (nSPS) is 30.8. The van der Waals surface area contributed by atoms with Gasteiger partial charge in [0.05, 0.1) is 12.3 Å². The summed E-state index contributed by atoms with van der Waals surface area (Å²) in [6.07, 6.45) is -0.0192. The molecule has 76 valence electrons. The third-order valence-electron chi connectivity index (χ3n) is 2.95. The average Bonchev–Trinajstić information content (AvgIpc) is 2.57. The lowest BCUT2D eigenvalue weighted by Gasteiger charge is -2.24. The minimum atomic E-state index is -0.987. The van der Waals surface area contributed by atoms with Crippen molar-refractivity contribution in [1.29, 1.82) is 0 Å². The Morgan fingerprint density at radius 1 is 1.12 bits per heavy atom. The van der Waals surface area contributed by atoms with Gasteiger partial charge in [-0.1, -0.05) is 54.4 Å². The summed E-state index contributed by atoms with van der Waals surface area (Å²) >= 11 is 0. The van der Waals surface area contributed by atoms with Crippen LogP contribution in [-0.2, 0) is 6.42 Å². The molecule has 0 aromatic heterocycles. The van der Waals surface area contributed by atoms with E-state index in [0.717, 1.165) is 0 Å². The number of rotatable bonds is 0. The molecule has 1 atom stereocenters. The van der Waals surface area contributed by atoms with Crippen molar-refractivity contribution in [3.63, 3.8) is 0 Å². The van der Waals surface area contributed by atoms with Crippen LogP contribution in [-0.4, -0.2) is 0 Å². The highest BCUT2D eigenvalue weighted by Gasteiger charge is 2.20. The molecule has 2 aliphatic rings. The monoisotopic (exact) mass is 213 g/mol. The second-order valence-electron chi connectivity index (χ2n) is 3.84. The Bertz CT molecular complexity index is 1060. The molecule has 0 saturated heterocycles. The van der Waals surface area contributed by atoms with Crippen LogP contribution in [0.5, 0.6) is 0 Å². The van der Waals surface area contributed by atoms with Crippen molar-refractivity contribution in [2.75, 3.05) is 0 Å². The zero-order valence-corrected chi connectivity index (χ0v) is 8.28. The molecule has 0 N–H and O–H groups in total. The van der Waals surface area contributed by atoms with Crippen LogP contribution >= 0.6 is 0 Å². The standard InChI is InChI=1S/C16H12/c1-3-11-7-9-13-5-2-6-14-10-8-12(4-1)15(11)16(13)14/h1-5,7-10,13H,6H2/i1D,2D,3D,4D,5D,7D,8D,9D,10D. The largest absolute Gasteiger partial charge is 0.0832 e. The molecule has 0 amide bonds. The molecule has 1 unspecified atom stereocenters. The second-order valence-corrected chi connectivity index (χ2v) is 3.84. The topological polar surface area (TPSA) is 0 Å². The van der Waals surface area contributed by atoms with Crippen molar-refractivity contribution in [2.45, 2.75) is 12.3 Å². The minimum Gasteiger partial charge on any atom is -0.0832 e. The summed E-state index contributed by atoms with van der Waals surface area (Å²) in [5.41, 5.74) is 0.747. The molecule has 4 rings (SSSR count). The van der Waals surface area contributed by atoms with E-state index >= 15 is 0 Å². The van der Waals surface area contributed by atoms with Gasteiger partial charge in [0.1, 0.15) is 0 Å². The van der Waals surface area contributed by atoms with Gasteiger partial charge in [0, 0.05) is 5.92 Å². The summed E-state index contributed by atoms with van der Waals surface area (Å²) in [6.45, 7) is 0. The van der Waals surface area contributed by atoms with Crippen LogP contribution in [0.25, 0.3) is 16.8 Å². The van der Waals surface area contributed by atoms with E-state index in [-0.39, 0.29) is 71.1 Å². The Balaban J connectivity index is 2.37. The van der Waals surface area contributed by atoms with Crippen molar-refractivity contribution >= 4 is 16.8 Å². The van der Waals surface area contributed by atoms with Crippen LogP contribution in [0.2, 0.25) is 0 Å². The Morgan fingerprint density at radius 3 is 3.12 bits per heavy atom. The number of allylic oxidation sites excluding steroid dienone is 3. The van der Waals surface area contributed by atoms with Crippen molar-refractivity contribution in [3.8, 4) is 0 Å². The van der Waals surface area contributed by atoms with E-state index in [0.29, 0.717) is 11.1 Å². The summed E-state index contributed by atoms with van der Waals surface area (Å²) < 4.78 is 73.5. The first-order valence-electron chi connectivity index (χ1n) is 9.57. The van der Waals surface area contributed by atoms with Gasteiger partial charge < -0.3 is 0 Å². The van der Waals surface area contributed by atoms with E-state index in [9.17, 15) is 0 Å². The molecule has 0 radical (unpaired) electrons. The maximum absolute atomic E-state index is 8.28. The van der Waals surface area contributed by atoms with Gasteiger partial charge in [0.2, 0.25) is 0 Å². The molecule has 2 aromatic rings. The molecular formula is C16H12. The molecule has 0 spiro atoms. The maximum atomic E-state index is 8.28. The Kier molecular flexibility index (Phi) is 0.641. The molecule has 0 heterocycles. The summed E-state index contributed by atoms with van der Waals surface area (Å²) in [6, 6.07) is -2.33. The molecule has 0 aliphatic heterocycles. The quantitative estimate of drug-likeness (QED) is 0.579. The predicted octanol–water partition coefficient (Wildman–Crippen LogP) is 4.06. The lowest BCUT2D eigenvalue weighted by Crippen LogP contribution is -2.07. The summed E-state index contributed by atoms with van der Waals surface area (Å²) in [5.74, 6) is -0.987. The first-order chi connectivity index (χ1) is 11.7. The summed E-state index contributed by atoms with van der Waals surface area (Å²) in [5, 5.41) is 0.272. The summed E-state index contributed by atoms with van der Waals surface area (Å²) in [7, 11) is 0. The molecule has 0 fully saturated rings. The van der Waals surface area contributed by atoms with Gasteiger partial charge in [-0.05, 0) is 33.9 Å². The molecular weight excluding hydrogens is 192 g/mol. The fourth-order valence-corrected chi connectivity index (χ4v) is 2.24. The average molecular weight is 213 g/mol. The number of benzene rings is 2. The SMILES string of the molecule is [2H]C1=C([2H])C2C([2H])=C([2H])c3c([2H])c([2H])c([2H])c4c([2H])c([2H])c(c2c34)C1. The molecule has 16 heavy (non-hydrogen) atoms. The highest BCUT2D eigenvalue weighted by molar-refractivity contribution is 5.97. The highest BCUT2D eigenvalue weighted by Crippen LogP contribution is 2.39. The first kappa shape index (κ1) is 3.59. The first-order valence-corrected chi connectivity index (χ1v) is 5.07. The van der Waals surface area contributed by atoms with E-state index in [1.54, 1.807) is 0 Å². The van der Waals surface area contributed by atoms with Crippen LogP contribution in [0.4, 0.5) is 0 Å². The van der Waals surface area contributed by atoms with E-state index in [4.69, 9.17) is 12.3 Å². The number of hydrogen-bond donors (Lipinski definition) is 0.